The number of carbonyl (C=O) groups is 1. The van der Waals surface area contributed by atoms with E-state index in [0.29, 0.717) is 30.7 Å². The number of amides is 1. The third kappa shape index (κ3) is 6.31. The van der Waals surface area contributed by atoms with Gasteiger partial charge in [-0.1, -0.05) is 56.3 Å². The standard InChI is InChI=1S/C23H25N3O3/c1-17(2)18-8-10-20(11-9-18)29-16-22(27)24-14-15-28-23-13-12-21(25-26-23)19-6-4-3-5-7-19/h3-13,17H,14-16H2,1-2H3,(H,24,27). The molecular weight excluding hydrogens is 366 g/mol. The number of ether oxygens (including phenoxy) is 2. The van der Waals surface area contributed by atoms with Crippen LogP contribution in [0.2, 0.25) is 0 Å². The maximum atomic E-state index is 11.9. The normalized spacial score (nSPS) is 10.6. The summed E-state index contributed by atoms with van der Waals surface area (Å²) in [6.45, 7) is 4.89. The first-order chi connectivity index (χ1) is 14.1. The van der Waals surface area contributed by atoms with Crippen LogP contribution in [-0.2, 0) is 4.79 Å². The number of hydrogen-bond donors (Lipinski definition) is 1. The van der Waals surface area contributed by atoms with E-state index in [1.165, 1.54) is 5.56 Å². The van der Waals surface area contributed by atoms with Gasteiger partial charge in [-0.05, 0) is 29.7 Å². The molecule has 1 amide bonds. The number of carbonyl (C=O) groups excluding carboxylic acids is 1. The predicted octanol–water partition coefficient (Wildman–Crippen LogP) is 3.84. The molecule has 0 spiro atoms. The molecule has 6 heteroatoms. The molecule has 2 aromatic carbocycles. The van der Waals surface area contributed by atoms with Crippen molar-refractivity contribution < 1.29 is 14.3 Å². The van der Waals surface area contributed by atoms with E-state index in [-0.39, 0.29) is 12.5 Å². The van der Waals surface area contributed by atoms with E-state index in [4.69, 9.17) is 9.47 Å². The Morgan fingerprint density at radius 2 is 1.69 bits per heavy atom. The summed E-state index contributed by atoms with van der Waals surface area (Å²) in [5.74, 6) is 1.36. The van der Waals surface area contributed by atoms with Gasteiger partial charge in [0.2, 0.25) is 5.88 Å². The van der Waals surface area contributed by atoms with Crippen molar-refractivity contribution in [1.29, 1.82) is 0 Å². The minimum Gasteiger partial charge on any atom is -0.484 e. The van der Waals surface area contributed by atoms with Gasteiger partial charge < -0.3 is 14.8 Å². The SMILES string of the molecule is CC(C)c1ccc(OCC(=O)NCCOc2ccc(-c3ccccc3)nn2)cc1. The number of rotatable bonds is 9. The van der Waals surface area contributed by atoms with Crippen LogP contribution in [0.3, 0.4) is 0 Å². The van der Waals surface area contributed by atoms with Gasteiger partial charge in [-0.2, -0.15) is 0 Å². The second-order valence-electron chi connectivity index (χ2n) is 6.83. The fraction of sp³-hybridized carbons (Fsp3) is 0.261. The minimum atomic E-state index is -0.202. The molecule has 0 aliphatic heterocycles. The van der Waals surface area contributed by atoms with E-state index < -0.39 is 0 Å². The van der Waals surface area contributed by atoms with Gasteiger partial charge in [0.1, 0.15) is 12.4 Å². The minimum absolute atomic E-state index is 0.0351. The van der Waals surface area contributed by atoms with E-state index in [0.717, 1.165) is 11.3 Å². The Kier molecular flexibility index (Phi) is 7.16. The highest BCUT2D eigenvalue weighted by molar-refractivity contribution is 5.77. The van der Waals surface area contributed by atoms with Crippen LogP contribution in [-0.4, -0.2) is 35.9 Å². The molecule has 29 heavy (non-hydrogen) atoms. The van der Waals surface area contributed by atoms with Crippen LogP contribution in [0.15, 0.2) is 66.7 Å². The van der Waals surface area contributed by atoms with Crippen LogP contribution < -0.4 is 14.8 Å². The molecule has 0 fully saturated rings. The molecule has 0 saturated heterocycles. The average molecular weight is 391 g/mol. The van der Waals surface area contributed by atoms with Crippen LogP contribution in [0, 0.1) is 0 Å². The Morgan fingerprint density at radius 1 is 0.931 bits per heavy atom. The molecule has 0 saturated carbocycles. The number of nitrogens with zero attached hydrogens (tertiary/aromatic N) is 2. The first-order valence-electron chi connectivity index (χ1n) is 9.63. The first-order valence-corrected chi connectivity index (χ1v) is 9.63. The maximum absolute atomic E-state index is 11.9. The summed E-state index contributed by atoms with van der Waals surface area (Å²) >= 11 is 0. The van der Waals surface area contributed by atoms with E-state index in [2.05, 4.69) is 29.4 Å². The van der Waals surface area contributed by atoms with Crippen LogP contribution in [0.1, 0.15) is 25.3 Å². The smallest absolute Gasteiger partial charge is 0.258 e. The van der Waals surface area contributed by atoms with Gasteiger partial charge >= 0.3 is 0 Å². The topological polar surface area (TPSA) is 73.3 Å². The number of hydrogen-bond acceptors (Lipinski definition) is 5. The zero-order valence-electron chi connectivity index (χ0n) is 16.7. The lowest BCUT2D eigenvalue weighted by Crippen LogP contribution is -2.32. The van der Waals surface area contributed by atoms with Gasteiger partial charge in [0.05, 0.1) is 12.2 Å². The van der Waals surface area contributed by atoms with Gasteiger partial charge in [-0.25, -0.2) is 0 Å². The third-order valence-electron chi connectivity index (χ3n) is 4.30. The van der Waals surface area contributed by atoms with E-state index in [1.54, 1.807) is 6.07 Å². The Morgan fingerprint density at radius 3 is 2.34 bits per heavy atom. The van der Waals surface area contributed by atoms with Gasteiger partial charge in [0.25, 0.3) is 5.91 Å². The summed E-state index contributed by atoms with van der Waals surface area (Å²) < 4.78 is 11.0. The fourth-order valence-electron chi connectivity index (χ4n) is 2.65. The number of benzene rings is 2. The van der Waals surface area contributed by atoms with E-state index in [1.807, 2.05) is 60.7 Å². The van der Waals surface area contributed by atoms with E-state index >= 15 is 0 Å². The van der Waals surface area contributed by atoms with Crippen LogP contribution in [0.4, 0.5) is 0 Å². The van der Waals surface area contributed by atoms with Crippen LogP contribution >= 0.6 is 0 Å². The molecule has 1 N–H and O–H groups in total. The molecular formula is C23H25N3O3. The Balaban J connectivity index is 1.35. The van der Waals surface area contributed by atoms with Crippen LogP contribution in [0.5, 0.6) is 11.6 Å². The molecule has 1 heterocycles. The van der Waals surface area contributed by atoms with Crippen molar-refractivity contribution in [3.05, 3.63) is 72.3 Å². The number of nitrogens with one attached hydrogen (secondary N) is 1. The summed E-state index contributed by atoms with van der Waals surface area (Å²) in [5, 5.41) is 11.0. The highest BCUT2D eigenvalue weighted by Crippen LogP contribution is 2.18. The molecule has 0 atom stereocenters. The highest BCUT2D eigenvalue weighted by Gasteiger charge is 2.05. The zero-order chi connectivity index (χ0) is 20.5. The van der Waals surface area contributed by atoms with Gasteiger partial charge in [0, 0.05) is 11.6 Å². The Hall–Kier alpha value is -3.41. The summed E-state index contributed by atoms with van der Waals surface area (Å²) in [6, 6.07) is 21.2. The van der Waals surface area contributed by atoms with Crippen molar-refractivity contribution in [2.24, 2.45) is 0 Å². The largest absolute Gasteiger partial charge is 0.484 e. The van der Waals surface area contributed by atoms with Crippen LogP contribution in [0.25, 0.3) is 11.3 Å². The predicted molar refractivity (Wildman–Crippen MR) is 112 cm³/mol. The first kappa shape index (κ1) is 20.3. The third-order valence-corrected chi connectivity index (χ3v) is 4.30. The molecule has 0 bridgehead atoms. The van der Waals surface area contributed by atoms with Crippen molar-refractivity contribution in [2.75, 3.05) is 19.8 Å². The summed E-state index contributed by atoms with van der Waals surface area (Å²) in [4.78, 5) is 11.9. The lowest BCUT2D eigenvalue weighted by Gasteiger charge is -2.10. The molecule has 1 aromatic heterocycles. The van der Waals surface area contributed by atoms with Crippen molar-refractivity contribution in [1.82, 2.24) is 15.5 Å². The fourth-order valence-corrected chi connectivity index (χ4v) is 2.65. The van der Waals surface area contributed by atoms with Crippen molar-refractivity contribution in [3.63, 3.8) is 0 Å². The van der Waals surface area contributed by atoms with Crippen molar-refractivity contribution >= 4 is 5.91 Å². The molecule has 0 radical (unpaired) electrons. The molecule has 3 rings (SSSR count). The lowest BCUT2D eigenvalue weighted by atomic mass is 10.0. The van der Waals surface area contributed by atoms with Crippen molar-refractivity contribution in [2.45, 2.75) is 19.8 Å². The second kappa shape index (κ2) is 10.2. The Bertz CT molecular complexity index is 895. The monoisotopic (exact) mass is 391 g/mol. The number of aromatic nitrogens is 2. The maximum Gasteiger partial charge on any atom is 0.258 e. The molecule has 0 aliphatic rings. The molecule has 150 valence electrons. The molecule has 3 aromatic rings. The summed E-state index contributed by atoms with van der Waals surface area (Å²) in [5.41, 5.74) is 3.02. The highest BCUT2D eigenvalue weighted by atomic mass is 16.5. The van der Waals surface area contributed by atoms with Crippen molar-refractivity contribution in [3.8, 4) is 22.9 Å². The van der Waals surface area contributed by atoms with E-state index in [9.17, 15) is 4.79 Å². The molecule has 0 aliphatic carbocycles. The zero-order valence-corrected chi connectivity index (χ0v) is 16.7. The van der Waals surface area contributed by atoms with Gasteiger partial charge in [0.15, 0.2) is 6.61 Å². The summed E-state index contributed by atoms with van der Waals surface area (Å²) in [7, 11) is 0. The average Bonchev–Trinajstić information content (AvgIpc) is 2.76. The summed E-state index contributed by atoms with van der Waals surface area (Å²) in [6.07, 6.45) is 0. The quantitative estimate of drug-likeness (QED) is 0.561. The van der Waals surface area contributed by atoms with Gasteiger partial charge in [-0.15, -0.1) is 10.2 Å². The Labute approximate surface area is 170 Å². The van der Waals surface area contributed by atoms with Gasteiger partial charge in [-0.3, -0.25) is 4.79 Å². The second-order valence-corrected chi connectivity index (χ2v) is 6.83. The molecule has 6 nitrogen and oxygen atoms in total. The molecule has 0 unspecified atom stereocenters. The lowest BCUT2D eigenvalue weighted by molar-refractivity contribution is -0.123.